The number of hydrogen-bond donors (Lipinski definition) is 1. The largest absolute Gasteiger partial charge is 0.324 e. The van der Waals surface area contributed by atoms with Crippen molar-refractivity contribution in [3.63, 3.8) is 0 Å². The minimum absolute atomic E-state index is 0.0334. The number of nitrogens with zero attached hydrogens (tertiary/aromatic N) is 2. The summed E-state index contributed by atoms with van der Waals surface area (Å²) in [5, 5.41) is 2.43. The molecule has 3 rings (SSSR count). The summed E-state index contributed by atoms with van der Waals surface area (Å²) in [7, 11) is 0. The van der Waals surface area contributed by atoms with E-state index < -0.39 is 30.1 Å². The number of rotatable bonds is 3. The third-order valence-corrected chi connectivity index (χ3v) is 3.14. The predicted molar refractivity (Wildman–Crippen MR) is 74.6 cm³/mol. The highest BCUT2D eigenvalue weighted by molar-refractivity contribution is 6.21. The lowest BCUT2D eigenvalue weighted by Gasteiger charge is -2.13. The summed E-state index contributed by atoms with van der Waals surface area (Å²) in [5.74, 6) is -2.28. The van der Waals surface area contributed by atoms with Gasteiger partial charge in [0.1, 0.15) is 18.1 Å². The quantitative estimate of drug-likeness (QED) is 0.870. The van der Waals surface area contributed by atoms with Crippen LogP contribution >= 0.6 is 0 Å². The molecule has 1 aromatic carbocycles. The third-order valence-electron chi connectivity index (χ3n) is 3.14. The van der Waals surface area contributed by atoms with E-state index >= 15 is 0 Å². The summed E-state index contributed by atoms with van der Waals surface area (Å²) >= 11 is 0. The van der Waals surface area contributed by atoms with Crippen LogP contribution in [0.15, 0.2) is 42.6 Å². The highest BCUT2D eigenvalue weighted by atomic mass is 19.1. The summed E-state index contributed by atoms with van der Waals surface area (Å²) in [6.45, 7) is -0.454. The number of hydrogen-bond acceptors (Lipinski definition) is 4. The van der Waals surface area contributed by atoms with Crippen molar-refractivity contribution in [1.29, 1.82) is 0 Å². The van der Waals surface area contributed by atoms with Crippen LogP contribution in [0.3, 0.4) is 0 Å². The van der Waals surface area contributed by atoms with E-state index in [4.69, 9.17) is 0 Å². The molecule has 3 amide bonds. The number of benzene rings is 1. The standard InChI is InChI=1S/C15H10FN3O3/c16-9-3-1-4-10(7-9)18-12(20)8-19-14(21)11-5-2-6-17-13(11)15(19)22/h1-7H,8H2,(H,18,20). The van der Waals surface area contributed by atoms with Crippen molar-refractivity contribution in [2.75, 3.05) is 11.9 Å². The second-order valence-corrected chi connectivity index (χ2v) is 4.65. The van der Waals surface area contributed by atoms with Gasteiger partial charge in [-0.3, -0.25) is 24.3 Å². The van der Waals surface area contributed by atoms with Gasteiger partial charge in [-0.2, -0.15) is 0 Å². The molecular weight excluding hydrogens is 289 g/mol. The number of fused-ring (bicyclic) bond motifs is 1. The Morgan fingerprint density at radius 3 is 2.73 bits per heavy atom. The number of amides is 3. The molecule has 0 saturated carbocycles. The van der Waals surface area contributed by atoms with Gasteiger partial charge in [0.05, 0.1) is 5.56 Å². The molecule has 0 spiro atoms. The van der Waals surface area contributed by atoms with Crippen LogP contribution in [0.4, 0.5) is 10.1 Å². The molecule has 6 nitrogen and oxygen atoms in total. The summed E-state index contributed by atoms with van der Waals surface area (Å²) in [4.78, 5) is 40.7. The van der Waals surface area contributed by atoms with Gasteiger partial charge >= 0.3 is 0 Å². The second kappa shape index (κ2) is 5.36. The summed E-state index contributed by atoms with van der Waals surface area (Å²) < 4.78 is 13.0. The van der Waals surface area contributed by atoms with Crippen LogP contribution in [0.2, 0.25) is 0 Å². The summed E-state index contributed by atoms with van der Waals surface area (Å²) in [5.41, 5.74) is 0.455. The van der Waals surface area contributed by atoms with Crippen molar-refractivity contribution < 1.29 is 18.8 Å². The first-order valence-electron chi connectivity index (χ1n) is 6.43. The van der Waals surface area contributed by atoms with Crippen LogP contribution < -0.4 is 5.32 Å². The molecule has 0 fully saturated rings. The first-order chi connectivity index (χ1) is 10.6. The minimum Gasteiger partial charge on any atom is -0.324 e. The smallest absolute Gasteiger partial charge is 0.280 e. The summed E-state index contributed by atoms with van der Waals surface area (Å²) in [6, 6.07) is 8.35. The van der Waals surface area contributed by atoms with Gasteiger partial charge in [-0.1, -0.05) is 6.07 Å². The summed E-state index contributed by atoms with van der Waals surface area (Å²) in [6.07, 6.45) is 1.40. The Balaban J connectivity index is 1.73. The van der Waals surface area contributed by atoms with Gasteiger partial charge in [-0.25, -0.2) is 4.39 Å². The van der Waals surface area contributed by atoms with Gasteiger partial charge in [-0.15, -0.1) is 0 Å². The van der Waals surface area contributed by atoms with Crippen LogP contribution in [-0.4, -0.2) is 34.2 Å². The topological polar surface area (TPSA) is 79.4 Å². The Kier molecular flexibility index (Phi) is 3.38. The predicted octanol–water partition coefficient (Wildman–Crippen LogP) is 1.46. The van der Waals surface area contributed by atoms with Gasteiger partial charge in [0.25, 0.3) is 11.8 Å². The van der Waals surface area contributed by atoms with E-state index in [-0.39, 0.29) is 16.9 Å². The van der Waals surface area contributed by atoms with E-state index in [1.54, 1.807) is 6.07 Å². The Bertz CT molecular complexity index is 756. The number of pyridine rings is 1. The number of imide groups is 1. The second-order valence-electron chi connectivity index (χ2n) is 4.65. The normalized spacial score (nSPS) is 13.2. The molecule has 1 aliphatic rings. The number of anilines is 1. The molecule has 0 radical (unpaired) electrons. The Morgan fingerprint density at radius 1 is 1.18 bits per heavy atom. The Morgan fingerprint density at radius 2 is 2.00 bits per heavy atom. The zero-order valence-corrected chi connectivity index (χ0v) is 11.2. The molecule has 0 bridgehead atoms. The zero-order chi connectivity index (χ0) is 15.7. The van der Waals surface area contributed by atoms with Crippen LogP contribution in [0.5, 0.6) is 0 Å². The fourth-order valence-corrected chi connectivity index (χ4v) is 2.17. The lowest BCUT2D eigenvalue weighted by atomic mass is 10.2. The molecule has 2 heterocycles. The van der Waals surface area contributed by atoms with Crippen LogP contribution in [0.25, 0.3) is 0 Å². The van der Waals surface area contributed by atoms with E-state index in [1.165, 1.54) is 30.5 Å². The maximum atomic E-state index is 13.0. The van der Waals surface area contributed by atoms with Gasteiger partial charge in [-0.05, 0) is 30.3 Å². The minimum atomic E-state index is -0.616. The van der Waals surface area contributed by atoms with E-state index in [0.29, 0.717) is 0 Å². The number of halogens is 1. The molecular formula is C15H10FN3O3. The molecule has 0 aliphatic carbocycles. The number of aromatic nitrogens is 1. The van der Waals surface area contributed by atoms with Crippen molar-refractivity contribution in [3.8, 4) is 0 Å². The fourth-order valence-electron chi connectivity index (χ4n) is 2.17. The van der Waals surface area contributed by atoms with Crippen LogP contribution in [0, 0.1) is 5.82 Å². The van der Waals surface area contributed by atoms with Crippen LogP contribution in [0.1, 0.15) is 20.8 Å². The highest BCUT2D eigenvalue weighted by Crippen LogP contribution is 2.20. The lowest BCUT2D eigenvalue weighted by Crippen LogP contribution is -2.37. The number of nitrogens with one attached hydrogen (secondary N) is 1. The molecule has 22 heavy (non-hydrogen) atoms. The number of carbonyl (C=O) groups is 3. The molecule has 0 unspecified atom stereocenters. The van der Waals surface area contributed by atoms with Gasteiger partial charge in [0.15, 0.2) is 0 Å². The molecule has 110 valence electrons. The molecule has 0 saturated heterocycles. The Hall–Kier alpha value is -3.09. The van der Waals surface area contributed by atoms with Crippen molar-refractivity contribution >= 4 is 23.4 Å². The van der Waals surface area contributed by atoms with E-state index in [0.717, 1.165) is 11.0 Å². The maximum absolute atomic E-state index is 13.0. The third kappa shape index (κ3) is 2.44. The average molecular weight is 299 g/mol. The lowest BCUT2D eigenvalue weighted by molar-refractivity contribution is -0.116. The first-order valence-corrected chi connectivity index (χ1v) is 6.43. The molecule has 1 aromatic heterocycles. The van der Waals surface area contributed by atoms with Crippen molar-refractivity contribution in [2.24, 2.45) is 0 Å². The average Bonchev–Trinajstić information content (AvgIpc) is 2.73. The maximum Gasteiger partial charge on any atom is 0.280 e. The van der Waals surface area contributed by atoms with Crippen LogP contribution in [-0.2, 0) is 4.79 Å². The van der Waals surface area contributed by atoms with E-state index in [2.05, 4.69) is 10.3 Å². The molecule has 0 atom stereocenters. The van der Waals surface area contributed by atoms with Crippen molar-refractivity contribution in [2.45, 2.75) is 0 Å². The van der Waals surface area contributed by atoms with Gasteiger partial charge < -0.3 is 5.32 Å². The zero-order valence-electron chi connectivity index (χ0n) is 11.2. The Labute approximate surface area is 124 Å². The first kappa shape index (κ1) is 13.9. The van der Waals surface area contributed by atoms with Gasteiger partial charge in [0.2, 0.25) is 5.91 Å². The molecule has 1 N–H and O–H groups in total. The number of carbonyl (C=O) groups excluding carboxylic acids is 3. The monoisotopic (exact) mass is 299 g/mol. The molecule has 7 heteroatoms. The fraction of sp³-hybridized carbons (Fsp3) is 0.0667. The van der Waals surface area contributed by atoms with E-state index in [9.17, 15) is 18.8 Å². The van der Waals surface area contributed by atoms with Gasteiger partial charge in [0, 0.05) is 11.9 Å². The molecule has 1 aliphatic heterocycles. The van der Waals surface area contributed by atoms with E-state index in [1.807, 2.05) is 0 Å². The van der Waals surface area contributed by atoms with Crippen molar-refractivity contribution in [3.05, 3.63) is 59.7 Å². The highest BCUT2D eigenvalue weighted by Gasteiger charge is 2.37. The molecule has 2 aromatic rings. The van der Waals surface area contributed by atoms with Crippen molar-refractivity contribution in [1.82, 2.24) is 9.88 Å². The SMILES string of the molecule is O=C(CN1C(=O)c2cccnc2C1=O)Nc1cccc(F)c1.